The van der Waals surface area contributed by atoms with E-state index >= 15 is 0 Å². The lowest BCUT2D eigenvalue weighted by Crippen LogP contribution is -2.39. The molecule has 2 atom stereocenters. The maximum absolute atomic E-state index is 6.49. The van der Waals surface area contributed by atoms with E-state index in [-0.39, 0.29) is 12.1 Å². The maximum Gasteiger partial charge on any atom is 0.127 e. The highest BCUT2D eigenvalue weighted by atomic mass is 35.5. The third-order valence-corrected chi connectivity index (χ3v) is 5.13. The molecule has 0 amide bonds. The average molecular weight is 306 g/mol. The van der Waals surface area contributed by atoms with Crippen LogP contribution in [0.5, 0.6) is 0 Å². The van der Waals surface area contributed by atoms with E-state index in [4.69, 9.17) is 16.4 Å². The van der Waals surface area contributed by atoms with Crippen molar-refractivity contribution in [2.24, 2.45) is 5.92 Å². The van der Waals surface area contributed by atoms with Gasteiger partial charge in [0.05, 0.1) is 17.1 Å². The first-order valence-corrected chi connectivity index (χ1v) is 8.54. The lowest BCUT2D eigenvalue weighted by Gasteiger charge is -2.37. The SMILES string of the molecule is CCC(c1ccccc1)N1OC=C(Cl)C1C1CCCCC1. The molecule has 0 spiro atoms. The molecule has 3 heteroatoms. The third kappa shape index (κ3) is 3.12. The molecule has 1 aliphatic heterocycles. The van der Waals surface area contributed by atoms with Crippen molar-refractivity contribution in [3.8, 4) is 0 Å². The number of hydrogen-bond donors (Lipinski definition) is 0. The van der Waals surface area contributed by atoms with Gasteiger partial charge in [0.2, 0.25) is 0 Å². The fourth-order valence-electron chi connectivity index (χ4n) is 3.76. The smallest absolute Gasteiger partial charge is 0.127 e. The minimum Gasteiger partial charge on any atom is -0.411 e. The van der Waals surface area contributed by atoms with Crippen LogP contribution in [0.3, 0.4) is 0 Å². The number of hydroxylamine groups is 2. The van der Waals surface area contributed by atoms with Crippen molar-refractivity contribution in [1.82, 2.24) is 5.06 Å². The minimum atomic E-state index is 0.233. The van der Waals surface area contributed by atoms with E-state index in [2.05, 4.69) is 42.3 Å². The Morgan fingerprint density at radius 3 is 2.57 bits per heavy atom. The van der Waals surface area contributed by atoms with Crippen LogP contribution in [0.2, 0.25) is 0 Å². The zero-order valence-electron chi connectivity index (χ0n) is 12.7. The first kappa shape index (κ1) is 14.9. The zero-order chi connectivity index (χ0) is 14.7. The Bertz CT molecular complexity index is 481. The van der Waals surface area contributed by atoms with E-state index in [0.29, 0.717) is 5.92 Å². The zero-order valence-corrected chi connectivity index (χ0v) is 13.4. The van der Waals surface area contributed by atoms with Crippen molar-refractivity contribution in [3.63, 3.8) is 0 Å². The van der Waals surface area contributed by atoms with Gasteiger partial charge >= 0.3 is 0 Å². The topological polar surface area (TPSA) is 12.5 Å². The van der Waals surface area contributed by atoms with Gasteiger partial charge in [0.1, 0.15) is 6.26 Å². The summed E-state index contributed by atoms with van der Waals surface area (Å²) in [4.78, 5) is 5.88. The summed E-state index contributed by atoms with van der Waals surface area (Å²) >= 11 is 6.49. The van der Waals surface area contributed by atoms with Gasteiger partial charge in [-0.15, -0.1) is 5.06 Å². The van der Waals surface area contributed by atoms with Gasteiger partial charge in [-0.3, -0.25) is 0 Å². The highest BCUT2D eigenvalue weighted by Gasteiger charge is 2.39. The van der Waals surface area contributed by atoms with Crippen molar-refractivity contribution in [1.29, 1.82) is 0 Å². The normalized spacial score (nSPS) is 25.4. The first-order valence-electron chi connectivity index (χ1n) is 8.17. The van der Waals surface area contributed by atoms with Crippen molar-refractivity contribution in [3.05, 3.63) is 47.2 Å². The Morgan fingerprint density at radius 2 is 1.90 bits per heavy atom. The maximum atomic E-state index is 6.49. The largest absolute Gasteiger partial charge is 0.411 e. The molecule has 1 heterocycles. The van der Waals surface area contributed by atoms with Gasteiger partial charge in [-0.25, -0.2) is 0 Å². The Kier molecular flexibility index (Phi) is 4.87. The van der Waals surface area contributed by atoms with Gasteiger partial charge in [0.15, 0.2) is 0 Å². The van der Waals surface area contributed by atoms with Crippen LogP contribution in [-0.2, 0) is 4.84 Å². The van der Waals surface area contributed by atoms with Crippen LogP contribution in [0.1, 0.15) is 57.1 Å². The standard InChI is InChI=1S/C18H24ClNO/c1-2-17(14-9-5-3-6-10-14)20-18(16(19)13-21-20)15-11-7-4-8-12-15/h3,5-6,9-10,13,15,17-18H,2,4,7-8,11-12H2,1H3. The van der Waals surface area contributed by atoms with Crippen molar-refractivity contribution in [2.45, 2.75) is 57.5 Å². The number of nitrogens with zero attached hydrogens (tertiary/aromatic N) is 1. The molecule has 114 valence electrons. The van der Waals surface area contributed by atoms with E-state index in [1.165, 1.54) is 37.7 Å². The van der Waals surface area contributed by atoms with Crippen molar-refractivity contribution >= 4 is 11.6 Å². The molecule has 2 nitrogen and oxygen atoms in total. The molecule has 21 heavy (non-hydrogen) atoms. The summed E-state index contributed by atoms with van der Waals surface area (Å²) in [6.07, 6.45) is 9.29. The van der Waals surface area contributed by atoms with Gasteiger partial charge in [-0.1, -0.05) is 68.1 Å². The Balaban J connectivity index is 1.82. The van der Waals surface area contributed by atoms with Crippen molar-refractivity contribution in [2.75, 3.05) is 0 Å². The molecule has 0 aromatic heterocycles. The fraction of sp³-hybridized carbons (Fsp3) is 0.556. The molecule has 0 radical (unpaired) electrons. The molecular formula is C18H24ClNO. The van der Waals surface area contributed by atoms with Gasteiger partial charge < -0.3 is 4.84 Å². The van der Waals surface area contributed by atoms with Crippen LogP contribution < -0.4 is 0 Å². The second kappa shape index (κ2) is 6.85. The van der Waals surface area contributed by atoms with Crippen LogP contribution in [0, 0.1) is 5.92 Å². The van der Waals surface area contributed by atoms with Crippen molar-refractivity contribution < 1.29 is 4.84 Å². The second-order valence-corrected chi connectivity index (χ2v) is 6.58. The Hall–Kier alpha value is -0.990. The van der Waals surface area contributed by atoms with E-state index in [1.54, 1.807) is 6.26 Å². The summed E-state index contributed by atoms with van der Waals surface area (Å²) in [5, 5.41) is 3.02. The van der Waals surface area contributed by atoms with Gasteiger partial charge in [0, 0.05) is 0 Å². The predicted molar refractivity (Wildman–Crippen MR) is 86.7 cm³/mol. The Morgan fingerprint density at radius 1 is 1.19 bits per heavy atom. The van der Waals surface area contributed by atoms with Crippen LogP contribution >= 0.6 is 11.6 Å². The molecule has 1 aromatic carbocycles. The monoisotopic (exact) mass is 305 g/mol. The number of benzene rings is 1. The number of rotatable bonds is 4. The van der Waals surface area contributed by atoms with E-state index in [9.17, 15) is 0 Å². The molecule has 1 fully saturated rings. The molecule has 0 saturated heterocycles. The number of hydrogen-bond acceptors (Lipinski definition) is 2. The second-order valence-electron chi connectivity index (χ2n) is 6.15. The van der Waals surface area contributed by atoms with E-state index in [0.717, 1.165) is 11.5 Å². The predicted octanol–water partition coefficient (Wildman–Crippen LogP) is 5.41. The summed E-state index contributed by atoms with van der Waals surface area (Å²) in [7, 11) is 0. The summed E-state index contributed by atoms with van der Waals surface area (Å²) in [6.45, 7) is 2.21. The molecule has 2 aliphatic rings. The molecule has 1 aromatic rings. The van der Waals surface area contributed by atoms with E-state index < -0.39 is 0 Å². The molecule has 0 N–H and O–H groups in total. The molecule has 0 bridgehead atoms. The van der Waals surface area contributed by atoms with Gasteiger partial charge in [0.25, 0.3) is 0 Å². The van der Waals surface area contributed by atoms with Crippen LogP contribution in [0.4, 0.5) is 0 Å². The summed E-state index contributed by atoms with van der Waals surface area (Å²) < 4.78 is 0. The van der Waals surface area contributed by atoms with Crippen LogP contribution in [-0.4, -0.2) is 11.1 Å². The van der Waals surface area contributed by atoms with E-state index in [1.807, 2.05) is 0 Å². The number of halogens is 1. The molecule has 1 aliphatic carbocycles. The lowest BCUT2D eigenvalue weighted by atomic mass is 9.83. The average Bonchev–Trinajstić information content (AvgIpc) is 2.92. The van der Waals surface area contributed by atoms with Gasteiger partial charge in [-0.2, -0.15) is 0 Å². The summed E-state index contributed by atoms with van der Waals surface area (Å²) in [5.74, 6) is 0.628. The minimum absolute atomic E-state index is 0.233. The third-order valence-electron chi connectivity index (χ3n) is 4.82. The first-order chi connectivity index (χ1) is 10.3. The molecule has 3 rings (SSSR count). The molecule has 1 saturated carbocycles. The highest BCUT2D eigenvalue weighted by molar-refractivity contribution is 6.30. The van der Waals surface area contributed by atoms with Gasteiger partial charge in [-0.05, 0) is 30.7 Å². The van der Waals surface area contributed by atoms with Crippen LogP contribution in [0.15, 0.2) is 41.6 Å². The lowest BCUT2D eigenvalue weighted by molar-refractivity contribution is -0.154. The molecule has 2 unspecified atom stereocenters. The highest BCUT2D eigenvalue weighted by Crippen LogP contribution is 2.41. The summed E-state index contributed by atoms with van der Waals surface area (Å²) in [6, 6.07) is 11.1. The molecular weight excluding hydrogens is 282 g/mol. The Labute approximate surface area is 132 Å². The summed E-state index contributed by atoms with van der Waals surface area (Å²) in [5.41, 5.74) is 1.31. The quantitative estimate of drug-likeness (QED) is 0.737. The van der Waals surface area contributed by atoms with Crippen LogP contribution in [0.25, 0.3) is 0 Å². The fourth-order valence-corrected chi connectivity index (χ4v) is 4.07.